The summed E-state index contributed by atoms with van der Waals surface area (Å²) in [6, 6.07) is 8.29. The Labute approximate surface area is 93.4 Å². The van der Waals surface area contributed by atoms with E-state index in [1.54, 1.807) is 0 Å². The number of nitrogens with zero attached hydrogens (tertiary/aromatic N) is 1. The molecule has 1 aromatic carbocycles. The zero-order chi connectivity index (χ0) is 9.52. The van der Waals surface area contributed by atoms with Crippen LogP contribution in [0.25, 0.3) is 0 Å². The van der Waals surface area contributed by atoms with E-state index in [1.165, 1.54) is 22.0 Å². The van der Waals surface area contributed by atoms with Gasteiger partial charge in [0, 0.05) is 21.9 Å². The molecule has 0 fully saturated rings. The molecule has 0 atom stereocenters. The lowest BCUT2D eigenvalue weighted by atomic mass is 10.2. The number of hydrogen-bond acceptors (Lipinski definition) is 1. The third kappa shape index (κ3) is 3.89. The molecule has 0 saturated carbocycles. The number of aliphatic imine (C=N–C) groups is 1. The van der Waals surface area contributed by atoms with Crippen LogP contribution >= 0.6 is 22.6 Å². The lowest BCUT2D eigenvalue weighted by Gasteiger charge is -1.96. The van der Waals surface area contributed by atoms with Crippen LogP contribution in [0.2, 0.25) is 0 Å². The summed E-state index contributed by atoms with van der Waals surface area (Å²) in [5, 5.41) is 0. The minimum absolute atomic E-state index is 0.946. The van der Waals surface area contributed by atoms with Gasteiger partial charge in [0.25, 0.3) is 0 Å². The van der Waals surface area contributed by atoms with Crippen LogP contribution in [0, 0.1) is 3.57 Å². The molecule has 0 aromatic heterocycles. The van der Waals surface area contributed by atoms with E-state index in [2.05, 4.69) is 46.6 Å². The van der Waals surface area contributed by atoms with Crippen molar-refractivity contribution in [2.24, 2.45) is 4.99 Å². The monoisotopic (exact) mass is 287 g/mol. The van der Waals surface area contributed by atoms with E-state index in [9.17, 15) is 0 Å². The van der Waals surface area contributed by atoms with E-state index in [-0.39, 0.29) is 0 Å². The molecule has 0 aliphatic rings. The van der Waals surface area contributed by atoms with Crippen LogP contribution in [-0.4, -0.2) is 12.8 Å². The summed E-state index contributed by atoms with van der Waals surface area (Å²) in [6.07, 6.45) is 4.36. The van der Waals surface area contributed by atoms with Crippen molar-refractivity contribution in [3.8, 4) is 0 Å². The first-order chi connectivity index (χ1) is 6.34. The zero-order valence-corrected chi connectivity index (χ0v) is 9.99. The SMILES string of the molecule is CCCCN=Cc1ccccc1I. The molecule has 0 aliphatic heterocycles. The Hall–Kier alpha value is -0.380. The number of rotatable bonds is 4. The summed E-state index contributed by atoms with van der Waals surface area (Å²) in [7, 11) is 0. The lowest BCUT2D eigenvalue weighted by molar-refractivity contribution is 0.810. The van der Waals surface area contributed by atoms with Gasteiger partial charge in [0.1, 0.15) is 0 Å². The Morgan fingerprint density at radius 2 is 2.15 bits per heavy atom. The van der Waals surface area contributed by atoms with E-state index in [4.69, 9.17) is 0 Å². The molecule has 13 heavy (non-hydrogen) atoms. The van der Waals surface area contributed by atoms with Gasteiger partial charge in [-0.15, -0.1) is 0 Å². The van der Waals surface area contributed by atoms with Crippen molar-refractivity contribution in [1.29, 1.82) is 0 Å². The molecule has 0 heterocycles. The molecule has 1 aromatic rings. The first kappa shape index (κ1) is 10.7. The Morgan fingerprint density at radius 1 is 1.38 bits per heavy atom. The van der Waals surface area contributed by atoms with Crippen LogP contribution in [0.4, 0.5) is 0 Å². The summed E-state index contributed by atoms with van der Waals surface area (Å²) in [5.74, 6) is 0. The molecule has 70 valence electrons. The topological polar surface area (TPSA) is 12.4 Å². The van der Waals surface area contributed by atoms with Gasteiger partial charge in [0.05, 0.1) is 0 Å². The van der Waals surface area contributed by atoms with E-state index in [0.717, 1.165) is 6.54 Å². The average Bonchev–Trinajstić information content (AvgIpc) is 2.15. The van der Waals surface area contributed by atoms with Crippen molar-refractivity contribution in [3.63, 3.8) is 0 Å². The van der Waals surface area contributed by atoms with Gasteiger partial charge < -0.3 is 0 Å². The maximum atomic E-state index is 4.36. The first-order valence-corrected chi connectivity index (χ1v) is 5.67. The first-order valence-electron chi connectivity index (χ1n) is 4.59. The van der Waals surface area contributed by atoms with E-state index >= 15 is 0 Å². The van der Waals surface area contributed by atoms with Gasteiger partial charge >= 0.3 is 0 Å². The third-order valence-corrected chi connectivity index (χ3v) is 2.76. The summed E-state index contributed by atoms with van der Waals surface area (Å²) < 4.78 is 1.26. The van der Waals surface area contributed by atoms with Crippen molar-refractivity contribution in [1.82, 2.24) is 0 Å². The summed E-state index contributed by atoms with van der Waals surface area (Å²) >= 11 is 2.33. The molecule has 0 spiro atoms. The lowest BCUT2D eigenvalue weighted by Crippen LogP contribution is -1.87. The minimum atomic E-state index is 0.946. The average molecular weight is 287 g/mol. The second-order valence-electron chi connectivity index (χ2n) is 2.91. The fourth-order valence-corrected chi connectivity index (χ4v) is 1.52. The molecule has 0 saturated heterocycles. The highest BCUT2D eigenvalue weighted by Gasteiger charge is 1.92. The highest BCUT2D eigenvalue weighted by atomic mass is 127. The molecule has 1 nitrogen and oxygen atoms in total. The predicted octanol–water partition coefficient (Wildman–Crippen LogP) is 3.51. The van der Waals surface area contributed by atoms with Gasteiger partial charge in [-0.2, -0.15) is 0 Å². The van der Waals surface area contributed by atoms with Crippen LogP contribution < -0.4 is 0 Å². The Kier molecular flexibility index (Phi) is 5.05. The predicted molar refractivity (Wildman–Crippen MR) is 66.5 cm³/mol. The van der Waals surface area contributed by atoms with Crippen LogP contribution in [-0.2, 0) is 0 Å². The third-order valence-electron chi connectivity index (χ3n) is 1.78. The fourth-order valence-electron chi connectivity index (χ4n) is 0.992. The van der Waals surface area contributed by atoms with Crippen LogP contribution in [0.5, 0.6) is 0 Å². The van der Waals surface area contributed by atoms with Crippen molar-refractivity contribution in [3.05, 3.63) is 33.4 Å². The molecule has 0 unspecified atom stereocenters. The van der Waals surface area contributed by atoms with Crippen molar-refractivity contribution >= 4 is 28.8 Å². The van der Waals surface area contributed by atoms with Crippen LogP contribution in [0.15, 0.2) is 29.3 Å². The maximum Gasteiger partial charge on any atom is 0.0389 e. The zero-order valence-electron chi connectivity index (χ0n) is 7.83. The van der Waals surface area contributed by atoms with E-state index in [1.807, 2.05) is 18.3 Å². The second kappa shape index (κ2) is 6.13. The van der Waals surface area contributed by atoms with Gasteiger partial charge in [0.15, 0.2) is 0 Å². The standard InChI is InChI=1S/C11H14IN/c1-2-3-8-13-9-10-6-4-5-7-11(10)12/h4-7,9H,2-3,8H2,1H3. The van der Waals surface area contributed by atoms with Crippen molar-refractivity contribution in [2.75, 3.05) is 6.54 Å². The Balaban J connectivity index is 2.53. The fraction of sp³-hybridized carbons (Fsp3) is 0.364. The number of unbranched alkanes of at least 4 members (excludes halogenated alkanes) is 1. The summed E-state index contributed by atoms with van der Waals surface area (Å²) in [5.41, 5.74) is 1.22. The molecule has 0 radical (unpaired) electrons. The molecule has 0 amide bonds. The summed E-state index contributed by atoms with van der Waals surface area (Å²) in [6.45, 7) is 3.13. The normalized spacial score (nSPS) is 10.9. The number of benzene rings is 1. The minimum Gasteiger partial charge on any atom is -0.293 e. The molecule has 2 heteroatoms. The molecular formula is C11H14IN. The van der Waals surface area contributed by atoms with Gasteiger partial charge in [0.2, 0.25) is 0 Å². The smallest absolute Gasteiger partial charge is 0.0389 e. The molecule has 0 aliphatic carbocycles. The summed E-state index contributed by atoms with van der Waals surface area (Å²) in [4.78, 5) is 4.36. The highest BCUT2D eigenvalue weighted by molar-refractivity contribution is 14.1. The van der Waals surface area contributed by atoms with Crippen molar-refractivity contribution in [2.45, 2.75) is 19.8 Å². The molecule has 1 rings (SSSR count). The van der Waals surface area contributed by atoms with E-state index in [0.29, 0.717) is 0 Å². The van der Waals surface area contributed by atoms with Gasteiger partial charge in [-0.25, -0.2) is 0 Å². The highest BCUT2D eigenvalue weighted by Crippen LogP contribution is 2.08. The molecular weight excluding hydrogens is 273 g/mol. The van der Waals surface area contributed by atoms with Gasteiger partial charge in [-0.3, -0.25) is 4.99 Å². The van der Waals surface area contributed by atoms with E-state index < -0.39 is 0 Å². The van der Waals surface area contributed by atoms with Gasteiger partial charge in [-0.05, 0) is 35.1 Å². The Morgan fingerprint density at radius 3 is 2.85 bits per heavy atom. The van der Waals surface area contributed by atoms with Crippen LogP contribution in [0.1, 0.15) is 25.3 Å². The van der Waals surface area contributed by atoms with Gasteiger partial charge in [-0.1, -0.05) is 31.5 Å². The maximum absolute atomic E-state index is 4.36. The number of halogens is 1. The number of hydrogen-bond donors (Lipinski definition) is 0. The molecule has 0 N–H and O–H groups in total. The quantitative estimate of drug-likeness (QED) is 0.456. The Bertz CT molecular complexity index is 281. The van der Waals surface area contributed by atoms with Crippen molar-refractivity contribution < 1.29 is 0 Å². The second-order valence-corrected chi connectivity index (χ2v) is 4.07. The molecule has 0 bridgehead atoms. The largest absolute Gasteiger partial charge is 0.293 e. The van der Waals surface area contributed by atoms with Crippen LogP contribution in [0.3, 0.4) is 0 Å².